The van der Waals surface area contributed by atoms with Crippen molar-refractivity contribution in [2.24, 2.45) is 15.9 Å². The monoisotopic (exact) mass is 283 g/mol. The van der Waals surface area contributed by atoms with Crippen LogP contribution in [0, 0.1) is 0 Å². The molecule has 1 aromatic rings. The topological polar surface area (TPSA) is 138 Å². The third kappa shape index (κ3) is 5.19. The van der Waals surface area contributed by atoms with Crippen molar-refractivity contribution in [1.29, 1.82) is 0 Å². The van der Waals surface area contributed by atoms with E-state index in [1.807, 2.05) is 0 Å². The molecular formula is C9H11N3NiO4. The fraction of sp³-hybridized carbons (Fsp3) is 0.111. The number of hydrogen-bond donors (Lipinski definition) is 1. The number of methoxy groups -OCH3 is 1. The van der Waals surface area contributed by atoms with Gasteiger partial charge in [-0.2, -0.15) is 5.10 Å². The molecule has 7 nitrogen and oxygen atoms in total. The van der Waals surface area contributed by atoms with Gasteiger partial charge in [0.1, 0.15) is 5.75 Å². The molecule has 1 aromatic carbocycles. The quantitative estimate of drug-likeness (QED) is 0.295. The summed E-state index contributed by atoms with van der Waals surface area (Å²) >= 11 is 0. The van der Waals surface area contributed by atoms with E-state index in [4.69, 9.17) is 10.5 Å². The molecule has 8 heteroatoms. The number of benzene rings is 1. The van der Waals surface area contributed by atoms with E-state index in [9.17, 15) is 10.2 Å². The minimum atomic E-state index is -0.915. The second kappa shape index (κ2) is 8.38. The second-order valence-corrected chi connectivity index (χ2v) is 2.56. The molecule has 0 unspecified atom stereocenters. The number of hydrogen-bond acceptors (Lipinski definition) is 5. The summed E-state index contributed by atoms with van der Waals surface area (Å²) in [6.45, 7) is 0. The number of nitrogens with zero attached hydrogens (tertiary/aromatic N) is 2. The SMILES string of the molecule is COc1cccc(C=N/N=C(/N)[O-])c1[O-].O.[Ni+2]. The van der Waals surface area contributed by atoms with Gasteiger partial charge in [0.2, 0.25) is 0 Å². The van der Waals surface area contributed by atoms with Gasteiger partial charge in [-0.3, -0.25) is 0 Å². The first-order valence-corrected chi connectivity index (χ1v) is 4.02. The predicted molar refractivity (Wildman–Crippen MR) is 55.3 cm³/mol. The average Bonchev–Trinajstić information content (AvgIpc) is 2.20. The van der Waals surface area contributed by atoms with Crippen LogP contribution in [0.5, 0.6) is 11.5 Å². The van der Waals surface area contributed by atoms with E-state index in [2.05, 4.69) is 10.2 Å². The van der Waals surface area contributed by atoms with Crippen molar-refractivity contribution >= 4 is 12.2 Å². The van der Waals surface area contributed by atoms with Gasteiger partial charge < -0.3 is 26.2 Å². The zero-order valence-corrected chi connectivity index (χ0v) is 9.81. The molecule has 17 heavy (non-hydrogen) atoms. The summed E-state index contributed by atoms with van der Waals surface area (Å²) < 4.78 is 4.82. The Hall–Kier alpha value is -1.79. The van der Waals surface area contributed by atoms with Crippen LogP contribution in [0.1, 0.15) is 5.56 Å². The van der Waals surface area contributed by atoms with E-state index < -0.39 is 6.02 Å². The minimum Gasteiger partial charge on any atom is -0.870 e. The first kappa shape index (κ1) is 17.6. The van der Waals surface area contributed by atoms with Crippen molar-refractivity contribution < 1.29 is 36.9 Å². The van der Waals surface area contributed by atoms with Gasteiger partial charge in [-0.1, -0.05) is 17.9 Å². The van der Waals surface area contributed by atoms with E-state index in [1.165, 1.54) is 19.2 Å². The molecule has 0 bridgehead atoms. The maximum absolute atomic E-state index is 11.5. The summed E-state index contributed by atoms with van der Waals surface area (Å²) in [6.07, 6.45) is 1.15. The molecule has 0 saturated heterocycles. The van der Waals surface area contributed by atoms with Crippen LogP contribution in [-0.2, 0) is 16.5 Å². The molecule has 0 atom stereocenters. The van der Waals surface area contributed by atoms with Gasteiger partial charge in [-0.05, 0) is 11.6 Å². The molecule has 0 saturated carbocycles. The Morgan fingerprint density at radius 3 is 2.65 bits per heavy atom. The molecular weight excluding hydrogens is 273 g/mol. The van der Waals surface area contributed by atoms with Crippen molar-refractivity contribution in [1.82, 2.24) is 0 Å². The third-order valence-corrected chi connectivity index (χ3v) is 1.58. The van der Waals surface area contributed by atoms with Crippen molar-refractivity contribution in [2.45, 2.75) is 0 Å². The summed E-state index contributed by atoms with van der Waals surface area (Å²) in [5.74, 6) is -0.110. The van der Waals surface area contributed by atoms with E-state index in [0.29, 0.717) is 0 Å². The number of rotatable bonds is 3. The second-order valence-electron chi connectivity index (χ2n) is 2.56. The Kier molecular flexibility index (Phi) is 8.67. The molecule has 0 aliphatic rings. The summed E-state index contributed by atoms with van der Waals surface area (Å²) in [5.41, 5.74) is 5.01. The molecule has 0 radical (unpaired) electrons. The van der Waals surface area contributed by atoms with Gasteiger partial charge in [0, 0.05) is 0 Å². The van der Waals surface area contributed by atoms with Crippen LogP contribution in [0.4, 0.5) is 0 Å². The largest absolute Gasteiger partial charge is 2.00 e. The van der Waals surface area contributed by atoms with Crippen molar-refractivity contribution in [3.63, 3.8) is 0 Å². The van der Waals surface area contributed by atoms with Gasteiger partial charge in [-0.15, -0.1) is 5.10 Å². The van der Waals surface area contributed by atoms with Crippen LogP contribution in [0.25, 0.3) is 0 Å². The summed E-state index contributed by atoms with van der Waals surface area (Å²) in [7, 11) is 1.39. The van der Waals surface area contributed by atoms with Crippen LogP contribution in [0.2, 0.25) is 0 Å². The van der Waals surface area contributed by atoms with E-state index in [-0.39, 0.29) is 39.0 Å². The van der Waals surface area contributed by atoms with E-state index in [1.54, 1.807) is 6.07 Å². The van der Waals surface area contributed by atoms with Gasteiger partial charge in [0.05, 0.1) is 19.3 Å². The Bertz CT molecular complexity index is 405. The van der Waals surface area contributed by atoms with E-state index >= 15 is 0 Å². The van der Waals surface area contributed by atoms with Gasteiger partial charge in [0.15, 0.2) is 0 Å². The molecule has 4 N–H and O–H groups in total. The Balaban J connectivity index is 0. The molecule has 0 fully saturated rings. The fourth-order valence-electron chi connectivity index (χ4n) is 0.943. The van der Waals surface area contributed by atoms with Gasteiger partial charge in [-0.25, -0.2) is 0 Å². The van der Waals surface area contributed by atoms with Crippen LogP contribution < -0.4 is 20.7 Å². The summed E-state index contributed by atoms with van der Waals surface area (Å²) in [5, 5.41) is 28.1. The molecule has 0 amide bonds. The summed E-state index contributed by atoms with van der Waals surface area (Å²) in [6, 6.07) is 3.78. The first-order chi connectivity index (χ1) is 7.15. The molecule has 0 spiro atoms. The van der Waals surface area contributed by atoms with Crippen LogP contribution in [0.3, 0.4) is 0 Å². The molecule has 0 aromatic heterocycles. The first-order valence-electron chi connectivity index (χ1n) is 4.02. The Morgan fingerprint density at radius 2 is 2.12 bits per heavy atom. The molecule has 1 rings (SSSR count). The molecule has 0 aliphatic heterocycles. The van der Waals surface area contributed by atoms with E-state index in [0.717, 1.165) is 6.21 Å². The standard InChI is InChI=1S/C9H11N3O3.Ni.H2O/c1-15-7-4-2-3-6(8(7)13)5-11-12-9(10)14;;/h2-5,13H,1H3,(H3,10,12,14);;1H2/q;+2;/p-2. The van der Waals surface area contributed by atoms with Crippen molar-refractivity contribution in [3.8, 4) is 11.5 Å². The van der Waals surface area contributed by atoms with Crippen molar-refractivity contribution in [3.05, 3.63) is 23.8 Å². The van der Waals surface area contributed by atoms with Crippen molar-refractivity contribution in [2.75, 3.05) is 7.11 Å². The molecule has 0 aliphatic carbocycles. The zero-order valence-electron chi connectivity index (χ0n) is 8.82. The fourth-order valence-corrected chi connectivity index (χ4v) is 0.943. The zero-order chi connectivity index (χ0) is 11.3. The minimum absolute atomic E-state index is 0. The number of para-hydroxylation sites is 1. The average molecular weight is 284 g/mol. The molecule has 0 heterocycles. The maximum atomic E-state index is 11.5. The predicted octanol–water partition coefficient (Wildman–Crippen LogP) is -2.05. The van der Waals surface area contributed by atoms with Crippen LogP contribution in [0.15, 0.2) is 28.4 Å². The number of ether oxygens (including phenoxy) is 1. The number of nitrogens with two attached hydrogens (primary N) is 1. The van der Waals surface area contributed by atoms with Gasteiger partial charge >= 0.3 is 16.5 Å². The van der Waals surface area contributed by atoms with Crippen LogP contribution in [-0.4, -0.2) is 24.8 Å². The Labute approximate surface area is 108 Å². The number of amidine groups is 1. The third-order valence-electron chi connectivity index (χ3n) is 1.58. The summed E-state index contributed by atoms with van der Waals surface area (Å²) in [4.78, 5) is 0. The Morgan fingerprint density at radius 1 is 1.47 bits per heavy atom. The molecule has 96 valence electrons. The maximum Gasteiger partial charge on any atom is 2.00 e. The smallest absolute Gasteiger partial charge is 0.870 e. The normalized spacial score (nSPS) is 10.5. The van der Waals surface area contributed by atoms with Crippen LogP contribution >= 0.6 is 0 Å². The van der Waals surface area contributed by atoms with Gasteiger partial charge in [0.25, 0.3) is 0 Å².